The first-order chi connectivity index (χ1) is 14.5. The first-order valence-electron chi connectivity index (χ1n) is 9.62. The second-order valence-electron chi connectivity index (χ2n) is 7.24. The highest BCUT2D eigenvalue weighted by Gasteiger charge is 2.42. The van der Waals surface area contributed by atoms with Crippen LogP contribution in [0.3, 0.4) is 0 Å². The van der Waals surface area contributed by atoms with Gasteiger partial charge in [-0.05, 0) is 48.2 Å². The molecule has 0 bridgehead atoms. The number of carbonyl (C=O) groups is 2. The van der Waals surface area contributed by atoms with Gasteiger partial charge in [-0.2, -0.15) is 0 Å². The zero-order valence-corrected chi connectivity index (χ0v) is 16.7. The Kier molecular flexibility index (Phi) is 5.55. The molecule has 6 heteroatoms. The number of carboxylic acid groups (broad SMARTS) is 1. The molecule has 1 aliphatic heterocycles. The van der Waals surface area contributed by atoms with Crippen molar-refractivity contribution in [3.8, 4) is 11.1 Å². The van der Waals surface area contributed by atoms with E-state index in [-0.39, 0.29) is 11.7 Å². The number of halogens is 2. The molecule has 1 N–H and O–H groups in total. The third kappa shape index (κ3) is 3.68. The predicted molar refractivity (Wildman–Crippen MR) is 113 cm³/mol. The molecule has 1 heterocycles. The Morgan fingerprint density at radius 1 is 0.933 bits per heavy atom. The number of carboxylic acids is 1. The number of carbonyl (C=O) groups excluding carboxylic acids is 1. The first-order valence-corrected chi connectivity index (χ1v) is 10.00. The monoisotopic (exact) mass is 423 g/mol. The molecule has 4 nitrogen and oxygen atoms in total. The van der Waals surface area contributed by atoms with E-state index in [1.807, 2.05) is 12.1 Å². The van der Waals surface area contributed by atoms with Crippen molar-refractivity contribution >= 4 is 23.5 Å². The summed E-state index contributed by atoms with van der Waals surface area (Å²) in [6.07, 6.45) is 0.865. The highest BCUT2D eigenvalue weighted by molar-refractivity contribution is 6.31. The normalized spacial score (nSPS) is 18.4. The fourth-order valence-corrected chi connectivity index (χ4v) is 4.29. The Morgan fingerprint density at radius 2 is 1.60 bits per heavy atom. The molecule has 1 saturated heterocycles. The van der Waals surface area contributed by atoms with Gasteiger partial charge in [-0.3, -0.25) is 4.79 Å². The maximum atomic E-state index is 14.0. The summed E-state index contributed by atoms with van der Waals surface area (Å²) in [5, 5.41) is 10.2. The van der Waals surface area contributed by atoms with Gasteiger partial charge in [0.05, 0.1) is 6.04 Å². The summed E-state index contributed by atoms with van der Waals surface area (Å²) in [7, 11) is 0. The molecule has 0 unspecified atom stereocenters. The van der Waals surface area contributed by atoms with Crippen LogP contribution in [0.4, 0.5) is 4.39 Å². The average Bonchev–Trinajstić information content (AvgIpc) is 3.19. The number of benzene rings is 3. The van der Waals surface area contributed by atoms with E-state index in [4.69, 9.17) is 11.6 Å². The zero-order chi connectivity index (χ0) is 21.3. The first kappa shape index (κ1) is 20.1. The fraction of sp³-hybridized carbons (Fsp3) is 0.167. The number of likely N-dealkylation sites (tertiary alicyclic amines) is 1. The molecule has 1 aliphatic rings. The minimum absolute atomic E-state index is 0.346. The number of nitrogens with zero attached hydrogens (tertiary/aromatic N) is 1. The molecule has 3 aromatic carbocycles. The smallest absolute Gasteiger partial charge is 0.326 e. The Morgan fingerprint density at radius 3 is 2.27 bits per heavy atom. The predicted octanol–water partition coefficient (Wildman–Crippen LogP) is 5.58. The van der Waals surface area contributed by atoms with Gasteiger partial charge < -0.3 is 10.0 Å². The van der Waals surface area contributed by atoms with Gasteiger partial charge in [-0.15, -0.1) is 0 Å². The van der Waals surface area contributed by atoms with Crippen molar-refractivity contribution in [3.63, 3.8) is 0 Å². The molecule has 1 amide bonds. The summed E-state index contributed by atoms with van der Waals surface area (Å²) in [6.45, 7) is 0. The quantitative estimate of drug-likeness (QED) is 0.596. The Hall–Kier alpha value is -3.18. The maximum absolute atomic E-state index is 14.0. The summed E-state index contributed by atoms with van der Waals surface area (Å²) in [4.78, 5) is 26.5. The fourth-order valence-electron chi connectivity index (χ4n) is 4.02. The van der Waals surface area contributed by atoms with Gasteiger partial charge in [0.25, 0.3) is 5.91 Å². The van der Waals surface area contributed by atoms with Crippen LogP contribution in [0.25, 0.3) is 11.1 Å². The van der Waals surface area contributed by atoms with Gasteiger partial charge in [0.15, 0.2) is 0 Å². The van der Waals surface area contributed by atoms with Crippen molar-refractivity contribution < 1.29 is 19.1 Å². The van der Waals surface area contributed by atoms with Crippen molar-refractivity contribution in [1.29, 1.82) is 0 Å². The van der Waals surface area contributed by atoms with E-state index in [0.717, 1.165) is 5.56 Å². The van der Waals surface area contributed by atoms with E-state index in [9.17, 15) is 19.1 Å². The topological polar surface area (TPSA) is 57.6 Å². The molecule has 30 heavy (non-hydrogen) atoms. The Balaban J connectivity index is 1.68. The van der Waals surface area contributed by atoms with Gasteiger partial charge in [0.2, 0.25) is 0 Å². The van der Waals surface area contributed by atoms with Crippen LogP contribution < -0.4 is 0 Å². The molecular formula is C24H19ClFNO3. The van der Waals surface area contributed by atoms with Gasteiger partial charge in [-0.1, -0.05) is 60.1 Å². The molecule has 0 saturated carbocycles. The van der Waals surface area contributed by atoms with Gasteiger partial charge >= 0.3 is 5.97 Å². The second kappa shape index (κ2) is 8.28. The van der Waals surface area contributed by atoms with Crippen LogP contribution in [0.2, 0.25) is 5.02 Å². The molecule has 0 radical (unpaired) electrons. The van der Waals surface area contributed by atoms with E-state index in [0.29, 0.717) is 34.6 Å². The minimum Gasteiger partial charge on any atom is -0.480 e. The SMILES string of the molecule is O=C(O)[C@@H]1CC[C@H](c2ccccc2Cl)N1C(=O)c1ccc(-c2ccccc2F)cc1. The number of hydrogen-bond acceptors (Lipinski definition) is 2. The minimum atomic E-state index is -1.04. The summed E-state index contributed by atoms with van der Waals surface area (Å²) < 4.78 is 14.0. The molecule has 2 atom stereocenters. The van der Waals surface area contributed by atoms with Crippen molar-refractivity contribution in [2.45, 2.75) is 24.9 Å². The maximum Gasteiger partial charge on any atom is 0.326 e. The van der Waals surface area contributed by atoms with Crippen LogP contribution in [0.1, 0.15) is 34.8 Å². The third-order valence-corrected chi connectivity index (χ3v) is 5.83. The van der Waals surface area contributed by atoms with E-state index >= 15 is 0 Å². The van der Waals surface area contributed by atoms with Crippen LogP contribution in [0, 0.1) is 5.82 Å². The number of hydrogen-bond donors (Lipinski definition) is 1. The van der Waals surface area contributed by atoms with Crippen LogP contribution in [0.5, 0.6) is 0 Å². The van der Waals surface area contributed by atoms with E-state index < -0.39 is 18.1 Å². The highest BCUT2D eigenvalue weighted by Crippen LogP contribution is 2.40. The van der Waals surface area contributed by atoms with Crippen molar-refractivity contribution in [2.75, 3.05) is 0 Å². The standard InChI is InChI=1S/C24H19ClFNO3/c25-19-7-3-1-6-18(19)21-13-14-22(24(29)30)27(21)23(28)16-11-9-15(10-12-16)17-5-2-4-8-20(17)26/h1-12,21-22H,13-14H2,(H,29,30)/t21-,22+/m1/s1. The molecular weight excluding hydrogens is 405 g/mol. The molecule has 1 fully saturated rings. The van der Waals surface area contributed by atoms with Crippen LogP contribution in [0.15, 0.2) is 72.8 Å². The summed E-state index contributed by atoms with van der Waals surface area (Å²) in [6, 6.07) is 18.8. The summed E-state index contributed by atoms with van der Waals surface area (Å²) in [5.41, 5.74) is 2.16. The van der Waals surface area contributed by atoms with E-state index in [2.05, 4.69) is 0 Å². The van der Waals surface area contributed by atoms with E-state index in [1.165, 1.54) is 11.0 Å². The number of amides is 1. The molecule has 152 valence electrons. The third-order valence-electron chi connectivity index (χ3n) is 5.49. The molecule has 0 aromatic heterocycles. The van der Waals surface area contributed by atoms with Crippen LogP contribution in [-0.2, 0) is 4.79 Å². The lowest BCUT2D eigenvalue weighted by Crippen LogP contribution is -2.41. The zero-order valence-electron chi connectivity index (χ0n) is 16.0. The second-order valence-corrected chi connectivity index (χ2v) is 7.65. The molecule has 0 aliphatic carbocycles. The average molecular weight is 424 g/mol. The van der Waals surface area contributed by atoms with Gasteiger partial charge in [0, 0.05) is 16.1 Å². The van der Waals surface area contributed by atoms with Crippen LogP contribution in [-0.4, -0.2) is 27.9 Å². The Labute approximate surface area is 178 Å². The van der Waals surface area contributed by atoms with Crippen molar-refractivity contribution in [1.82, 2.24) is 4.90 Å². The summed E-state index contributed by atoms with van der Waals surface area (Å²) in [5.74, 6) is -1.77. The van der Waals surface area contributed by atoms with Crippen molar-refractivity contribution in [2.24, 2.45) is 0 Å². The molecule has 0 spiro atoms. The van der Waals surface area contributed by atoms with Gasteiger partial charge in [0.1, 0.15) is 11.9 Å². The highest BCUT2D eigenvalue weighted by atomic mass is 35.5. The summed E-state index contributed by atoms with van der Waals surface area (Å²) >= 11 is 6.33. The van der Waals surface area contributed by atoms with E-state index in [1.54, 1.807) is 54.6 Å². The van der Waals surface area contributed by atoms with Crippen molar-refractivity contribution in [3.05, 3.63) is 94.8 Å². The number of aliphatic carboxylic acids is 1. The van der Waals surface area contributed by atoms with Gasteiger partial charge in [-0.25, -0.2) is 9.18 Å². The lowest BCUT2D eigenvalue weighted by atomic mass is 10.0. The Bertz CT molecular complexity index is 1100. The lowest BCUT2D eigenvalue weighted by Gasteiger charge is -2.29. The molecule has 3 aromatic rings. The number of rotatable bonds is 4. The van der Waals surface area contributed by atoms with Crippen LogP contribution >= 0.6 is 11.6 Å². The lowest BCUT2D eigenvalue weighted by molar-refractivity contribution is -0.141. The molecule has 4 rings (SSSR count). The largest absolute Gasteiger partial charge is 0.480 e.